The summed E-state index contributed by atoms with van der Waals surface area (Å²) in [5.41, 5.74) is 0.436. The summed E-state index contributed by atoms with van der Waals surface area (Å²) in [6.07, 6.45) is 3.24. The van der Waals surface area contributed by atoms with Crippen molar-refractivity contribution in [2.45, 2.75) is 58.0 Å². The van der Waals surface area contributed by atoms with Crippen LogP contribution in [0.4, 0.5) is 0 Å². The van der Waals surface area contributed by atoms with Gasteiger partial charge in [-0.3, -0.25) is 4.79 Å². The molecule has 0 fully saturated rings. The van der Waals surface area contributed by atoms with E-state index in [1.807, 2.05) is 6.92 Å². The van der Waals surface area contributed by atoms with Gasteiger partial charge in [-0.25, -0.2) is 4.98 Å². The van der Waals surface area contributed by atoms with E-state index in [4.69, 9.17) is 4.74 Å². The van der Waals surface area contributed by atoms with Gasteiger partial charge in [0.15, 0.2) is 0 Å². The van der Waals surface area contributed by atoms with Crippen LogP contribution in [-0.4, -0.2) is 22.7 Å². The van der Waals surface area contributed by atoms with Crippen molar-refractivity contribution in [1.82, 2.24) is 4.98 Å². The van der Waals surface area contributed by atoms with Crippen LogP contribution in [0.5, 0.6) is 0 Å². The SMILES string of the molecule is CCOC(CC)(CC)c1nc2c(s1)CCC2C(=O)O. The molecule has 2 rings (SSSR count). The maximum atomic E-state index is 11.2. The second-order valence-electron chi connectivity index (χ2n) is 4.89. The van der Waals surface area contributed by atoms with Crippen molar-refractivity contribution in [3.8, 4) is 0 Å². The van der Waals surface area contributed by atoms with Gasteiger partial charge < -0.3 is 9.84 Å². The molecule has 0 spiro atoms. The summed E-state index contributed by atoms with van der Waals surface area (Å²) in [5.74, 6) is -1.18. The highest BCUT2D eigenvalue weighted by Crippen LogP contribution is 2.42. The molecule has 5 heteroatoms. The maximum absolute atomic E-state index is 11.2. The number of fused-ring (bicyclic) bond motifs is 1. The van der Waals surface area contributed by atoms with Crippen LogP contribution >= 0.6 is 11.3 Å². The number of thiazole rings is 1. The Balaban J connectivity index is 2.37. The van der Waals surface area contributed by atoms with Crippen molar-refractivity contribution < 1.29 is 14.6 Å². The number of hydrogen-bond acceptors (Lipinski definition) is 4. The molecular weight excluding hydrogens is 262 g/mol. The number of aryl methyl sites for hydroxylation is 1. The van der Waals surface area contributed by atoms with Crippen molar-refractivity contribution in [3.05, 3.63) is 15.6 Å². The number of carbonyl (C=O) groups is 1. The van der Waals surface area contributed by atoms with E-state index in [1.54, 1.807) is 11.3 Å². The zero-order valence-electron chi connectivity index (χ0n) is 11.7. The van der Waals surface area contributed by atoms with E-state index < -0.39 is 11.9 Å². The van der Waals surface area contributed by atoms with E-state index in [-0.39, 0.29) is 5.60 Å². The highest BCUT2D eigenvalue weighted by molar-refractivity contribution is 7.12. The predicted octanol–water partition coefficient (Wildman–Crippen LogP) is 3.31. The molecule has 0 saturated carbocycles. The fraction of sp³-hybridized carbons (Fsp3) is 0.714. The summed E-state index contributed by atoms with van der Waals surface area (Å²) >= 11 is 1.64. The number of hydrogen-bond donors (Lipinski definition) is 1. The fourth-order valence-corrected chi connectivity index (χ4v) is 4.18. The summed E-state index contributed by atoms with van der Waals surface area (Å²) in [5, 5.41) is 10.2. The van der Waals surface area contributed by atoms with E-state index in [9.17, 15) is 9.90 Å². The van der Waals surface area contributed by atoms with Gasteiger partial charge >= 0.3 is 5.97 Å². The smallest absolute Gasteiger partial charge is 0.312 e. The molecule has 0 aromatic carbocycles. The average molecular weight is 283 g/mol. The lowest BCUT2D eigenvalue weighted by Gasteiger charge is -2.29. The number of aromatic nitrogens is 1. The summed E-state index contributed by atoms with van der Waals surface area (Å²) in [6, 6.07) is 0. The largest absolute Gasteiger partial charge is 0.481 e. The van der Waals surface area contributed by atoms with Crippen LogP contribution in [0.1, 0.15) is 61.5 Å². The predicted molar refractivity (Wildman–Crippen MR) is 74.7 cm³/mol. The van der Waals surface area contributed by atoms with E-state index in [0.29, 0.717) is 13.0 Å². The lowest BCUT2D eigenvalue weighted by molar-refractivity contribution is -0.138. The van der Waals surface area contributed by atoms with Crippen LogP contribution in [0.25, 0.3) is 0 Å². The second kappa shape index (κ2) is 5.59. The minimum Gasteiger partial charge on any atom is -0.481 e. The third-order valence-corrected chi connectivity index (χ3v) is 5.28. The molecule has 1 aromatic rings. The molecule has 0 saturated heterocycles. The first-order valence-electron chi connectivity index (χ1n) is 6.94. The number of ether oxygens (including phenoxy) is 1. The highest BCUT2D eigenvalue weighted by Gasteiger charge is 2.38. The molecular formula is C14H21NO3S. The molecule has 0 amide bonds. The van der Waals surface area contributed by atoms with Gasteiger partial charge in [0.2, 0.25) is 0 Å². The first-order valence-corrected chi connectivity index (χ1v) is 7.76. The number of rotatable bonds is 6. The van der Waals surface area contributed by atoms with E-state index >= 15 is 0 Å². The standard InChI is InChI=1S/C14H21NO3S/c1-4-14(5-2,18-6-3)13-15-11-9(12(16)17)7-8-10(11)19-13/h9H,4-8H2,1-3H3,(H,16,17). The number of carboxylic acid groups (broad SMARTS) is 1. The quantitative estimate of drug-likeness (QED) is 0.870. The molecule has 1 aliphatic rings. The highest BCUT2D eigenvalue weighted by atomic mass is 32.1. The van der Waals surface area contributed by atoms with Crippen LogP contribution in [0.3, 0.4) is 0 Å². The van der Waals surface area contributed by atoms with Crippen LogP contribution in [0.15, 0.2) is 0 Å². The molecule has 0 bridgehead atoms. The van der Waals surface area contributed by atoms with Crippen molar-refractivity contribution in [2.24, 2.45) is 0 Å². The van der Waals surface area contributed by atoms with Crippen molar-refractivity contribution in [1.29, 1.82) is 0 Å². The van der Waals surface area contributed by atoms with Gasteiger partial charge in [-0.05, 0) is 32.6 Å². The third-order valence-electron chi connectivity index (χ3n) is 3.97. The molecule has 0 aliphatic heterocycles. The van der Waals surface area contributed by atoms with Crippen LogP contribution in [0.2, 0.25) is 0 Å². The first kappa shape index (κ1) is 14.5. The first-order chi connectivity index (χ1) is 9.07. The van der Waals surface area contributed by atoms with Gasteiger partial charge in [-0.15, -0.1) is 11.3 Å². The van der Waals surface area contributed by atoms with Crippen LogP contribution in [0, 0.1) is 0 Å². The van der Waals surface area contributed by atoms with Crippen molar-refractivity contribution >= 4 is 17.3 Å². The van der Waals surface area contributed by atoms with E-state index in [2.05, 4.69) is 18.8 Å². The zero-order valence-corrected chi connectivity index (χ0v) is 12.5. The lowest BCUT2D eigenvalue weighted by atomic mass is 9.98. The Bertz CT molecular complexity index is 465. The van der Waals surface area contributed by atoms with Crippen molar-refractivity contribution in [2.75, 3.05) is 6.61 Å². The topological polar surface area (TPSA) is 59.4 Å². The minimum atomic E-state index is -0.759. The Kier molecular flexibility index (Phi) is 4.26. The van der Waals surface area contributed by atoms with Gasteiger partial charge in [0.05, 0.1) is 5.69 Å². The summed E-state index contributed by atoms with van der Waals surface area (Å²) < 4.78 is 5.95. The number of carboxylic acids is 1. The molecule has 0 radical (unpaired) electrons. The Labute approximate surface area is 117 Å². The summed E-state index contributed by atoms with van der Waals surface area (Å²) in [6.45, 7) is 6.83. The Morgan fingerprint density at radius 1 is 1.47 bits per heavy atom. The fourth-order valence-electron chi connectivity index (χ4n) is 2.76. The van der Waals surface area contributed by atoms with E-state index in [0.717, 1.165) is 34.8 Å². The zero-order chi connectivity index (χ0) is 14.0. The molecule has 1 aromatic heterocycles. The second-order valence-corrected chi connectivity index (χ2v) is 5.97. The Morgan fingerprint density at radius 3 is 2.68 bits per heavy atom. The molecule has 1 heterocycles. The van der Waals surface area contributed by atoms with Gasteiger partial charge in [0, 0.05) is 11.5 Å². The molecule has 19 heavy (non-hydrogen) atoms. The normalized spacial score (nSPS) is 18.6. The molecule has 1 aliphatic carbocycles. The van der Waals surface area contributed by atoms with Crippen molar-refractivity contribution in [3.63, 3.8) is 0 Å². The average Bonchev–Trinajstić information content (AvgIpc) is 2.95. The monoisotopic (exact) mass is 283 g/mol. The molecule has 1 atom stereocenters. The molecule has 4 nitrogen and oxygen atoms in total. The van der Waals surface area contributed by atoms with Crippen LogP contribution in [-0.2, 0) is 21.6 Å². The lowest BCUT2D eigenvalue weighted by Crippen LogP contribution is -2.28. The number of nitrogens with zero attached hydrogens (tertiary/aromatic N) is 1. The summed E-state index contributed by atoms with van der Waals surface area (Å²) in [7, 11) is 0. The maximum Gasteiger partial charge on any atom is 0.312 e. The minimum absolute atomic E-state index is 0.340. The molecule has 106 valence electrons. The van der Waals surface area contributed by atoms with E-state index in [1.165, 1.54) is 0 Å². The molecule has 1 unspecified atom stereocenters. The third kappa shape index (κ3) is 2.41. The molecule has 1 N–H and O–H groups in total. The summed E-state index contributed by atoms with van der Waals surface area (Å²) in [4.78, 5) is 17.0. The number of aliphatic carboxylic acids is 1. The van der Waals surface area contributed by atoms with Crippen LogP contribution < -0.4 is 0 Å². The Morgan fingerprint density at radius 2 is 2.16 bits per heavy atom. The van der Waals surface area contributed by atoms with Gasteiger partial charge in [0.1, 0.15) is 16.5 Å². The van der Waals surface area contributed by atoms with Gasteiger partial charge in [-0.2, -0.15) is 0 Å². The van der Waals surface area contributed by atoms with Gasteiger partial charge in [0.25, 0.3) is 0 Å². The van der Waals surface area contributed by atoms with Gasteiger partial charge in [-0.1, -0.05) is 13.8 Å². The Hall–Kier alpha value is -0.940.